The maximum Gasteiger partial charge on any atom is 0.226 e. The van der Waals surface area contributed by atoms with E-state index in [0.29, 0.717) is 5.92 Å². The van der Waals surface area contributed by atoms with Crippen LogP contribution in [0.4, 0.5) is 11.4 Å². The van der Waals surface area contributed by atoms with Gasteiger partial charge in [0.2, 0.25) is 5.91 Å². The summed E-state index contributed by atoms with van der Waals surface area (Å²) in [4.78, 5) is 22.0. The number of carbonyl (C=O) groups excluding carboxylic acids is 1. The molecular weight excluding hydrogens is 406 g/mol. The minimum atomic E-state index is -0.0808. The van der Waals surface area contributed by atoms with Crippen LogP contribution in [0.1, 0.15) is 27.2 Å². The second-order valence-corrected chi connectivity index (χ2v) is 7.75. The van der Waals surface area contributed by atoms with E-state index in [1.807, 2.05) is 13.8 Å². The van der Waals surface area contributed by atoms with Gasteiger partial charge in [0.25, 0.3) is 0 Å². The number of H-pyrrole nitrogens is 1. The molecule has 3 heterocycles. The molecule has 2 aromatic heterocycles. The predicted octanol–water partition coefficient (Wildman–Crippen LogP) is 3.52. The van der Waals surface area contributed by atoms with Crippen molar-refractivity contribution in [3.05, 3.63) is 16.9 Å². The smallest absolute Gasteiger partial charge is 0.226 e. The van der Waals surface area contributed by atoms with Gasteiger partial charge in [-0.2, -0.15) is 0 Å². The lowest BCUT2D eigenvalue weighted by Gasteiger charge is -2.37. The molecule has 0 aromatic carbocycles. The molecule has 25 heavy (non-hydrogen) atoms. The number of carbonyl (C=O) groups is 1. The first kappa shape index (κ1) is 20.0. The van der Waals surface area contributed by atoms with Crippen molar-refractivity contribution >= 4 is 56.7 Å². The van der Waals surface area contributed by atoms with E-state index >= 15 is 0 Å². The molecule has 6 nitrogen and oxygen atoms in total. The number of fused-ring (bicyclic) bond motifs is 1. The van der Waals surface area contributed by atoms with E-state index in [4.69, 9.17) is 5.73 Å². The van der Waals surface area contributed by atoms with E-state index in [-0.39, 0.29) is 30.3 Å². The van der Waals surface area contributed by atoms with Crippen LogP contribution in [0.2, 0.25) is 0 Å². The van der Waals surface area contributed by atoms with Gasteiger partial charge in [-0.3, -0.25) is 4.79 Å². The van der Waals surface area contributed by atoms with Crippen LogP contribution in [0.25, 0.3) is 11.0 Å². The van der Waals surface area contributed by atoms with Gasteiger partial charge in [-0.15, -0.1) is 12.4 Å². The average molecular weight is 431 g/mol. The van der Waals surface area contributed by atoms with Crippen molar-refractivity contribution in [2.24, 2.45) is 17.6 Å². The molecule has 1 fully saturated rings. The highest BCUT2D eigenvalue weighted by atomic mass is 79.9. The quantitative estimate of drug-likeness (QED) is 0.695. The minimum absolute atomic E-state index is 0. The number of nitrogens with two attached hydrogens (primary N) is 1. The third-order valence-electron chi connectivity index (χ3n) is 4.74. The number of amides is 1. The highest BCUT2D eigenvalue weighted by Crippen LogP contribution is 2.39. The molecule has 2 aromatic rings. The van der Waals surface area contributed by atoms with Crippen LogP contribution in [0.5, 0.6) is 0 Å². The molecule has 8 heteroatoms. The third-order valence-corrected chi connectivity index (χ3v) is 5.32. The lowest BCUT2D eigenvalue weighted by molar-refractivity contribution is -0.118. The molecule has 3 rings (SSSR count). The zero-order valence-corrected chi connectivity index (χ0v) is 17.1. The molecule has 1 saturated heterocycles. The lowest BCUT2D eigenvalue weighted by atomic mass is 9.94. The monoisotopic (exact) mass is 429 g/mol. The molecule has 1 amide bonds. The summed E-state index contributed by atoms with van der Waals surface area (Å²) in [5, 5.41) is 3.93. The lowest BCUT2D eigenvalue weighted by Crippen LogP contribution is -2.47. The molecule has 0 spiro atoms. The van der Waals surface area contributed by atoms with E-state index < -0.39 is 0 Å². The Balaban J connectivity index is 0.00000225. The van der Waals surface area contributed by atoms with Gasteiger partial charge in [0.1, 0.15) is 5.65 Å². The maximum absolute atomic E-state index is 12.1. The van der Waals surface area contributed by atoms with E-state index in [0.717, 1.165) is 46.4 Å². The summed E-state index contributed by atoms with van der Waals surface area (Å²) in [7, 11) is 0. The Bertz CT molecular complexity index is 763. The van der Waals surface area contributed by atoms with Gasteiger partial charge in [0.05, 0.1) is 21.2 Å². The zero-order valence-electron chi connectivity index (χ0n) is 14.7. The summed E-state index contributed by atoms with van der Waals surface area (Å²) >= 11 is 3.63. The predicted molar refractivity (Wildman–Crippen MR) is 108 cm³/mol. The van der Waals surface area contributed by atoms with Gasteiger partial charge in [-0.1, -0.05) is 20.8 Å². The van der Waals surface area contributed by atoms with E-state index in [1.54, 1.807) is 12.4 Å². The summed E-state index contributed by atoms with van der Waals surface area (Å²) < 4.78 is 0.913. The largest absolute Gasteiger partial charge is 0.368 e. The zero-order chi connectivity index (χ0) is 17.4. The Morgan fingerprint density at radius 3 is 2.88 bits per heavy atom. The second-order valence-electron chi connectivity index (χ2n) is 6.90. The standard InChI is InChI=1S/C17H24BrN5O.ClH/c1-9(2)17(24)22-13-7-21-16-14(13)15(11(18)6-20-16)23-5-4-10(3)12(19)8-23;/h6-7,9-10,12H,4-5,8,19H2,1-3H3,(H,20,21)(H,22,24);1H/t10-,12-;/m1./s1. The first-order chi connectivity index (χ1) is 11.4. The fourth-order valence-corrected chi connectivity index (χ4v) is 3.59. The number of hydrogen-bond donors (Lipinski definition) is 3. The molecule has 138 valence electrons. The first-order valence-corrected chi connectivity index (χ1v) is 9.14. The third kappa shape index (κ3) is 3.93. The second kappa shape index (κ2) is 7.93. The molecule has 0 saturated carbocycles. The number of halogens is 2. The fourth-order valence-electron chi connectivity index (χ4n) is 3.04. The number of aromatic amines is 1. The van der Waals surface area contributed by atoms with Crippen molar-refractivity contribution in [1.82, 2.24) is 9.97 Å². The van der Waals surface area contributed by atoms with Crippen molar-refractivity contribution in [3.8, 4) is 0 Å². The maximum atomic E-state index is 12.1. The van der Waals surface area contributed by atoms with Crippen LogP contribution < -0.4 is 16.0 Å². The molecule has 1 aliphatic rings. The number of nitrogens with one attached hydrogen (secondary N) is 2. The summed E-state index contributed by atoms with van der Waals surface area (Å²) in [6.45, 7) is 7.69. The molecular formula is C17H25BrClN5O. The van der Waals surface area contributed by atoms with Crippen LogP contribution in [-0.4, -0.2) is 35.0 Å². The van der Waals surface area contributed by atoms with Gasteiger partial charge in [0.15, 0.2) is 0 Å². The van der Waals surface area contributed by atoms with Crippen molar-refractivity contribution in [1.29, 1.82) is 0 Å². The summed E-state index contributed by atoms with van der Waals surface area (Å²) in [5.41, 5.74) is 8.85. The van der Waals surface area contributed by atoms with Gasteiger partial charge < -0.3 is 20.9 Å². The van der Waals surface area contributed by atoms with Crippen LogP contribution in [0, 0.1) is 11.8 Å². The summed E-state index contributed by atoms with van der Waals surface area (Å²) in [6, 6.07) is 0.140. The molecule has 0 aliphatic carbocycles. The van der Waals surface area contributed by atoms with Gasteiger partial charge >= 0.3 is 0 Å². The van der Waals surface area contributed by atoms with Crippen LogP contribution in [0.15, 0.2) is 16.9 Å². The van der Waals surface area contributed by atoms with Crippen LogP contribution in [-0.2, 0) is 4.79 Å². The molecule has 0 bridgehead atoms. The fraction of sp³-hybridized carbons (Fsp3) is 0.529. The van der Waals surface area contributed by atoms with E-state index in [9.17, 15) is 4.79 Å². The van der Waals surface area contributed by atoms with Crippen molar-refractivity contribution in [2.45, 2.75) is 33.2 Å². The van der Waals surface area contributed by atoms with Crippen LogP contribution >= 0.6 is 28.3 Å². The Morgan fingerprint density at radius 1 is 1.52 bits per heavy atom. The molecule has 1 aliphatic heterocycles. The number of rotatable bonds is 3. The van der Waals surface area contributed by atoms with Crippen molar-refractivity contribution in [2.75, 3.05) is 23.3 Å². The molecule has 4 N–H and O–H groups in total. The number of pyridine rings is 1. The number of piperidine rings is 1. The van der Waals surface area contributed by atoms with Gasteiger partial charge in [0, 0.05) is 37.4 Å². The topological polar surface area (TPSA) is 87.0 Å². The Labute approximate surface area is 162 Å². The average Bonchev–Trinajstić information content (AvgIpc) is 2.93. The Kier molecular flexibility index (Phi) is 6.35. The van der Waals surface area contributed by atoms with E-state index in [1.165, 1.54) is 0 Å². The normalized spacial score (nSPS) is 20.6. The molecule has 2 atom stereocenters. The summed E-state index contributed by atoms with van der Waals surface area (Å²) in [6.07, 6.45) is 4.65. The van der Waals surface area contributed by atoms with E-state index in [2.05, 4.69) is 43.0 Å². The van der Waals surface area contributed by atoms with Gasteiger partial charge in [-0.25, -0.2) is 4.98 Å². The summed E-state index contributed by atoms with van der Waals surface area (Å²) in [5.74, 6) is 0.428. The Hall–Kier alpha value is -1.31. The Morgan fingerprint density at radius 2 is 2.24 bits per heavy atom. The highest BCUT2D eigenvalue weighted by molar-refractivity contribution is 9.10. The highest BCUT2D eigenvalue weighted by Gasteiger charge is 2.27. The minimum Gasteiger partial charge on any atom is -0.368 e. The van der Waals surface area contributed by atoms with Gasteiger partial charge in [-0.05, 0) is 28.3 Å². The SMILES string of the molecule is CC(C)C(=O)Nc1c[nH]c2ncc(Br)c(N3CC[C@@H](C)[C@H](N)C3)c12.Cl. The number of aromatic nitrogens is 2. The van der Waals surface area contributed by atoms with Crippen LogP contribution in [0.3, 0.4) is 0 Å². The first-order valence-electron chi connectivity index (χ1n) is 8.35. The van der Waals surface area contributed by atoms with Crippen molar-refractivity contribution < 1.29 is 4.79 Å². The number of nitrogens with zero attached hydrogens (tertiary/aromatic N) is 2. The molecule has 0 unspecified atom stereocenters. The molecule has 0 radical (unpaired) electrons. The van der Waals surface area contributed by atoms with Crippen molar-refractivity contribution in [3.63, 3.8) is 0 Å². The number of anilines is 2. The number of hydrogen-bond acceptors (Lipinski definition) is 4.